The number of halogens is 1. The zero-order valence-electron chi connectivity index (χ0n) is 10.9. The van der Waals surface area contributed by atoms with Gasteiger partial charge in [-0.3, -0.25) is 0 Å². The molecule has 2 nitrogen and oxygen atoms in total. The fraction of sp³-hybridized carbons (Fsp3) is 0.467. The van der Waals surface area contributed by atoms with Gasteiger partial charge in [-0.25, -0.2) is 4.39 Å². The third-order valence-electron chi connectivity index (χ3n) is 3.60. The van der Waals surface area contributed by atoms with E-state index >= 15 is 0 Å². The Morgan fingerprint density at radius 3 is 2.83 bits per heavy atom. The molecule has 1 aromatic heterocycles. The second-order valence-corrected chi connectivity index (χ2v) is 5.44. The Morgan fingerprint density at radius 1 is 1.39 bits per heavy atom. The summed E-state index contributed by atoms with van der Waals surface area (Å²) in [5, 5.41) is 4.24. The lowest BCUT2D eigenvalue weighted by Gasteiger charge is -2.08. The van der Waals surface area contributed by atoms with Gasteiger partial charge in [0.05, 0.1) is 5.52 Å². The summed E-state index contributed by atoms with van der Waals surface area (Å²) >= 11 is 0. The van der Waals surface area contributed by atoms with Gasteiger partial charge in [0.2, 0.25) is 0 Å². The first kappa shape index (κ1) is 11.7. The highest BCUT2D eigenvalue weighted by Crippen LogP contribution is 2.28. The quantitative estimate of drug-likeness (QED) is 0.872. The molecule has 1 heterocycles. The molecule has 1 aliphatic carbocycles. The van der Waals surface area contributed by atoms with E-state index in [1.165, 1.54) is 12.8 Å². The van der Waals surface area contributed by atoms with Crippen LogP contribution in [0, 0.1) is 5.82 Å². The van der Waals surface area contributed by atoms with Crippen molar-refractivity contribution in [2.24, 2.45) is 0 Å². The average Bonchev–Trinajstić information content (AvgIpc) is 3.07. The fourth-order valence-corrected chi connectivity index (χ4v) is 2.45. The lowest BCUT2D eigenvalue weighted by Crippen LogP contribution is -2.15. The highest BCUT2D eigenvalue weighted by Gasteiger charge is 2.21. The van der Waals surface area contributed by atoms with Crippen LogP contribution in [0.5, 0.6) is 0 Å². The van der Waals surface area contributed by atoms with E-state index in [9.17, 15) is 4.39 Å². The molecule has 0 spiro atoms. The van der Waals surface area contributed by atoms with Gasteiger partial charge in [0.25, 0.3) is 0 Å². The van der Waals surface area contributed by atoms with E-state index in [0.717, 1.165) is 23.0 Å². The van der Waals surface area contributed by atoms with Crippen LogP contribution in [-0.2, 0) is 6.54 Å². The maximum absolute atomic E-state index is 14.0. The van der Waals surface area contributed by atoms with E-state index in [-0.39, 0.29) is 5.82 Å². The molecule has 3 rings (SSSR count). The first-order valence-corrected chi connectivity index (χ1v) is 6.68. The van der Waals surface area contributed by atoms with Gasteiger partial charge in [0, 0.05) is 30.2 Å². The van der Waals surface area contributed by atoms with Crippen LogP contribution in [0.3, 0.4) is 0 Å². The van der Waals surface area contributed by atoms with Crippen LogP contribution in [0.15, 0.2) is 24.4 Å². The van der Waals surface area contributed by atoms with E-state index < -0.39 is 0 Å². The Balaban J connectivity index is 2.05. The molecule has 0 atom stereocenters. The number of benzene rings is 1. The largest absolute Gasteiger partial charge is 0.345 e. The summed E-state index contributed by atoms with van der Waals surface area (Å²) in [7, 11) is 0. The molecule has 0 unspecified atom stereocenters. The summed E-state index contributed by atoms with van der Waals surface area (Å²) in [5.74, 6) is -0.112. The Bertz CT molecular complexity index is 567. The predicted octanol–water partition coefficient (Wildman–Crippen LogP) is 3.61. The normalized spacial score (nSPS) is 15.8. The van der Waals surface area contributed by atoms with Crippen molar-refractivity contribution < 1.29 is 4.39 Å². The van der Waals surface area contributed by atoms with E-state index in [2.05, 4.69) is 29.9 Å². The summed E-state index contributed by atoms with van der Waals surface area (Å²) in [5.41, 5.74) is 2.07. The summed E-state index contributed by atoms with van der Waals surface area (Å²) < 4.78 is 16.2. The zero-order valence-corrected chi connectivity index (χ0v) is 10.9. The fourth-order valence-electron chi connectivity index (χ4n) is 2.45. The third kappa shape index (κ3) is 2.03. The van der Waals surface area contributed by atoms with Crippen LogP contribution in [0.1, 0.15) is 38.3 Å². The van der Waals surface area contributed by atoms with Crippen molar-refractivity contribution in [3.63, 3.8) is 0 Å². The van der Waals surface area contributed by atoms with Crippen LogP contribution >= 0.6 is 0 Å². The molecule has 0 radical (unpaired) electrons. The summed E-state index contributed by atoms with van der Waals surface area (Å²) in [6.45, 7) is 5.02. The zero-order chi connectivity index (χ0) is 12.7. The predicted molar refractivity (Wildman–Crippen MR) is 72.1 cm³/mol. The van der Waals surface area contributed by atoms with Gasteiger partial charge >= 0.3 is 0 Å². The van der Waals surface area contributed by atoms with E-state index in [4.69, 9.17) is 0 Å². The molecule has 1 aliphatic rings. The van der Waals surface area contributed by atoms with Gasteiger partial charge in [-0.05, 0) is 44.4 Å². The molecule has 18 heavy (non-hydrogen) atoms. The van der Waals surface area contributed by atoms with Gasteiger partial charge in [-0.1, -0.05) is 6.07 Å². The molecule has 1 N–H and O–H groups in total. The van der Waals surface area contributed by atoms with Crippen molar-refractivity contribution in [3.05, 3.63) is 35.8 Å². The molecular formula is C15H19FN2. The van der Waals surface area contributed by atoms with Crippen LogP contribution < -0.4 is 5.32 Å². The number of rotatable bonds is 4. The summed E-state index contributed by atoms with van der Waals surface area (Å²) in [4.78, 5) is 0. The molecule has 1 aromatic carbocycles. The number of nitrogens with zero attached hydrogens (tertiary/aromatic N) is 1. The van der Waals surface area contributed by atoms with Crippen molar-refractivity contribution in [2.45, 2.75) is 45.3 Å². The van der Waals surface area contributed by atoms with E-state index in [1.54, 1.807) is 12.1 Å². The SMILES string of the molecule is CC(C)n1cc(CNC2CC2)c2c(F)cccc21. The number of fused-ring (bicyclic) bond motifs is 1. The minimum atomic E-state index is -0.112. The lowest BCUT2D eigenvalue weighted by atomic mass is 10.1. The Kier molecular flexibility index (Phi) is 2.86. The second-order valence-electron chi connectivity index (χ2n) is 5.44. The monoisotopic (exact) mass is 246 g/mol. The van der Waals surface area contributed by atoms with E-state index in [0.29, 0.717) is 12.1 Å². The summed E-state index contributed by atoms with van der Waals surface area (Å²) in [6, 6.07) is 6.33. The number of hydrogen-bond donors (Lipinski definition) is 1. The van der Waals surface area contributed by atoms with E-state index in [1.807, 2.05) is 6.07 Å². The Labute approximate surface area is 107 Å². The molecule has 0 saturated heterocycles. The molecule has 3 heteroatoms. The molecule has 0 aliphatic heterocycles. The van der Waals surface area contributed by atoms with Gasteiger partial charge in [0.15, 0.2) is 0 Å². The molecule has 1 saturated carbocycles. The van der Waals surface area contributed by atoms with Crippen LogP contribution in [0.2, 0.25) is 0 Å². The Morgan fingerprint density at radius 2 is 2.17 bits per heavy atom. The maximum Gasteiger partial charge on any atom is 0.132 e. The van der Waals surface area contributed by atoms with Crippen molar-refractivity contribution in [3.8, 4) is 0 Å². The van der Waals surface area contributed by atoms with Gasteiger partial charge in [-0.2, -0.15) is 0 Å². The number of hydrogen-bond acceptors (Lipinski definition) is 1. The first-order valence-electron chi connectivity index (χ1n) is 6.68. The topological polar surface area (TPSA) is 17.0 Å². The third-order valence-corrected chi connectivity index (χ3v) is 3.60. The van der Waals surface area contributed by atoms with Crippen LogP contribution in [0.25, 0.3) is 10.9 Å². The van der Waals surface area contributed by atoms with Crippen LogP contribution in [0.4, 0.5) is 4.39 Å². The smallest absolute Gasteiger partial charge is 0.132 e. The minimum Gasteiger partial charge on any atom is -0.345 e. The highest BCUT2D eigenvalue weighted by molar-refractivity contribution is 5.84. The molecule has 1 fully saturated rings. The second kappa shape index (κ2) is 4.39. The standard InChI is InChI=1S/C15H19FN2/c1-10(2)18-9-11(8-17-12-6-7-12)15-13(16)4-3-5-14(15)18/h3-5,9-10,12,17H,6-8H2,1-2H3. The van der Waals surface area contributed by atoms with Gasteiger partial charge < -0.3 is 9.88 Å². The molecular weight excluding hydrogens is 227 g/mol. The van der Waals surface area contributed by atoms with Crippen molar-refractivity contribution in [1.82, 2.24) is 9.88 Å². The molecule has 2 aromatic rings. The molecule has 96 valence electrons. The molecule has 0 amide bonds. The average molecular weight is 246 g/mol. The van der Waals surface area contributed by atoms with Gasteiger partial charge in [0.1, 0.15) is 5.82 Å². The summed E-state index contributed by atoms with van der Waals surface area (Å²) in [6.07, 6.45) is 4.60. The first-order chi connectivity index (χ1) is 8.66. The van der Waals surface area contributed by atoms with Crippen molar-refractivity contribution in [1.29, 1.82) is 0 Å². The minimum absolute atomic E-state index is 0.112. The van der Waals surface area contributed by atoms with Gasteiger partial charge in [-0.15, -0.1) is 0 Å². The maximum atomic E-state index is 14.0. The lowest BCUT2D eigenvalue weighted by molar-refractivity contribution is 0.616. The number of nitrogens with one attached hydrogen (secondary N) is 1. The van der Waals surface area contributed by atoms with Crippen LogP contribution in [-0.4, -0.2) is 10.6 Å². The highest BCUT2D eigenvalue weighted by atomic mass is 19.1. The van der Waals surface area contributed by atoms with Crippen molar-refractivity contribution in [2.75, 3.05) is 0 Å². The Hall–Kier alpha value is -1.35. The van der Waals surface area contributed by atoms with Crippen molar-refractivity contribution >= 4 is 10.9 Å². The molecule has 0 bridgehead atoms. The number of aromatic nitrogens is 1.